The molecule has 26 heavy (non-hydrogen) atoms. The predicted molar refractivity (Wildman–Crippen MR) is 74.9 cm³/mol. The molecule has 0 unspecified atom stereocenters. The molecule has 1 spiro atoms. The fourth-order valence-electron chi connectivity index (χ4n) is 3.06. The first-order valence-electron chi connectivity index (χ1n) is 7.76. The van der Waals surface area contributed by atoms with Gasteiger partial charge in [0.1, 0.15) is 0 Å². The van der Waals surface area contributed by atoms with Crippen LogP contribution < -0.4 is 0 Å². The Bertz CT molecular complexity index is 570. The van der Waals surface area contributed by atoms with Crippen LogP contribution in [0.3, 0.4) is 0 Å². The van der Waals surface area contributed by atoms with E-state index in [2.05, 4.69) is 11.3 Å². The molecule has 1 saturated heterocycles. The fraction of sp³-hybridized carbons (Fsp3) is 0.800. The Morgan fingerprint density at radius 1 is 1.04 bits per heavy atom. The highest BCUT2D eigenvalue weighted by molar-refractivity contribution is 5.87. The van der Waals surface area contributed by atoms with Crippen molar-refractivity contribution in [2.75, 3.05) is 13.2 Å². The standard InChI is InChI=1S/C15H19F5O6/c1-9(2)10(21)26-11(13(16,17)14(22,23)15(18,19)20)3-5-12(6-4-11)24-7-8-25-12/h22-23H,1,3-8H2,2H3. The second-order valence-corrected chi connectivity index (χ2v) is 6.52. The zero-order valence-corrected chi connectivity index (χ0v) is 13.9. The molecular formula is C15H19F5O6. The molecule has 2 fully saturated rings. The van der Waals surface area contributed by atoms with Crippen molar-refractivity contribution in [2.24, 2.45) is 0 Å². The van der Waals surface area contributed by atoms with Crippen LogP contribution in [0.15, 0.2) is 12.2 Å². The third-order valence-electron chi connectivity index (χ3n) is 4.67. The number of hydrogen-bond acceptors (Lipinski definition) is 6. The Kier molecular flexibility index (Phi) is 5.17. The van der Waals surface area contributed by atoms with E-state index in [1.165, 1.54) is 0 Å². The number of hydrogen-bond donors (Lipinski definition) is 2. The van der Waals surface area contributed by atoms with Crippen LogP contribution in [0.5, 0.6) is 0 Å². The highest BCUT2D eigenvalue weighted by Gasteiger charge is 2.78. The molecule has 0 aromatic rings. The van der Waals surface area contributed by atoms with E-state index in [1.54, 1.807) is 0 Å². The fourth-order valence-corrected chi connectivity index (χ4v) is 3.06. The molecule has 1 aliphatic heterocycles. The summed E-state index contributed by atoms with van der Waals surface area (Å²) < 4.78 is 83.3. The van der Waals surface area contributed by atoms with Gasteiger partial charge >= 0.3 is 23.9 Å². The van der Waals surface area contributed by atoms with Crippen LogP contribution in [0, 0.1) is 0 Å². The summed E-state index contributed by atoms with van der Waals surface area (Å²) in [6.07, 6.45) is -8.40. The average molecular weight is 390 g/mol. The molecule has 2 rings (SSSR count). The summed E-state index contributed by atoms with van der Waals surface area (Å²) in [5, 5.41) is 18.4. The first-order valence-corrected chi connectivity index (χ1v) is 7.76. The number of carbonyl (C=O) groups excluding carboxylic acids is 1. The highest BCUT2D eigenvalue weighted by atomic mass is 19.4. The van der Waals surface area contributed by atoms with E-state index in [4.69, 9.17) is 9.47 Å². The van der Waals surface area contributed by atoms with Crippen LogP contribution in [0.4, 0.5) is 22.0 Å². The average Bonchev–Trinajstić information content (AvgIpc) is 2.96. The molecule has 150 valence electrons. The second-order valence-electron chi connectivity index (χ2n) is 6.52. The third-order valence-corrected chi connectivity index (χ3v) is 4.67. The molecule has 0 aromatic carbocycles. The minimum absolute atomic E-state index is 0.182. The van der Waals surface area contributed by atoms with Crippen molar-refractivity contribution in [2.45, 2.75) is 61.9 Å². The topological polar surface area (TPSA) is 85.2 Å². The number of ether oxygens (including phenoxy) is 3. The normalized spacial score (nSPS) is 23.1. The molecule has 0 atom stereocenters. The van der Waals surface area contributed by atoms with E-state index in [-0.39, 0.29) is 31.6 Å². The highest BCUT2D eigenvalue weighted by Crippen LogP contribution is 2.55. The van der Waals surface area contributed by atoms with Crippen molar-refractivity contribution >= 4 is 5.97 Å². The van der Waals surface area contributed by atoms with Gasteiger partial charge in [-0.15, -0.1) is 0 Å². The molecule has 1 saturated carbocycles. The van der Waals surface area contributed by atoms with Crippen LogP contribution in [-0.4, -0.2) is 58.7 Å². The molecule has 0 radical (unpaired) electrons. The van der Waals surface area contributed by atoms with Gasteiger partial charge in [0.2, 0.25) is 0 Å². The van der Waals surface area contributed by atoms with Crippen LogP contribution in [0.2, 0.25) is 0 Å². The lowest BCUT2D eigenvalue weighted by molar-refractivity contribution is -0.445. The molecule has 1 aliphatic carbocycles. The number of alkyl halides is 5. The van der Waals surface area contributed by atoms with Gasteiger partial charge in [-0.2, -0.15) is 22.0 Å². The molecule has 11 heteroatoms. The minimum atomic E-state index is -6.09. The Labute approximate surface area is 145 Å². The Balaban J connectivity index is 2.41. The van der Waals surface area contributed by atoms with Crippen molar-refractivity contribution < 1.29 is 51.2 Å². The summed E-state index contributed by atoms with van der Waals surface area (Å²) >= 11 is 0. The molecule has 0 aromatic heterocycles. The Morgan fingerprint density at radius 3 is 1.88 bits per heavy atom. The number of rotatable bonds is 4. The van der Waals surface area contributed by atoms with Crippen molar-refractivity contribution in [3.05, 3.63) is 12.2 Å². The van der Waals surface area contributed by atoms with E-state index >= 15 is 0 Å². The van der Waals surface area contributed by atoms with Crippen LogP contribution in [0.1, 0.15) is 32.6 Å². The molecule has 2 N–H and O–H groups in total. The number of aliphatic hydroxyl groups is 2. The maximum Gasteiger partial charge on any atom is 0.449 e. The van der Waals surface area contributed by atoms with Crippen molar-refractivity contribution in [3.8, 4) is 0 Å². The molecule has 2 aliphatic rings. The van der Waals surface area contributed by atoms with Gasteiger partial charge in [0.25, 0.3) is 0 Å². The molecule has 0 bridgehead atoms. The van der Waals surface area contributed by atoms with E-state index in [9.17, 15) is 37.0 Å². The molecule has 0 amide bonds. The predicted octanol–water partition coefficient (Wildman–Crippen LogP) is 2.04. The largest absolute Gasteiger partial charge is 0.449 e. The SMILES string of the molecule is C=C(C)C(=O)OC1(C(F)(F)C(O)(O)C(F)(F)F)CCC2(CC1)OCCO2. The van der Waals surface area contributed by atoms with Gasteiger partial charge in [-0.1, -0.05) is 6.58 Å². The molecule has 6 nitrogen and oxygen atoms in total. The molecule has 1 heterocycles. The number of carbonyl (C=O) groups is 1. The summed E-state index contributed by atoms with van der Waals surface area (Å²) in [5.74, 6) is -13.3. The van der Waals surface area contributed by atoms with Gasteiger partial charge in [-0.25, -0.2) is 4.79 Å². The summed E-state index contributed by atoms with van der Waals surface area (Å²) in [5.41, 5.74) is -3.45. The van der Waals surface area contributed by atoms with Crippen LogP contribution in [0.25, 0.3) is 0 Å². The summed E-state index contributed by atoms with van der Waals surface area (Å²) in [7, 11) is 0. The lowest BCUT2D eigenvalue weighted by Crippen LogP contribution is -2.70. The lowest BCUT2D eigenvalue weighted by Gasteiger charge is -2.49. The van der Waals surface area contributed by atoms with Gasteiger partial charge < -0.3 is 24.4 Å². The van der Waals surface area contributed by atoms with Gasteiger partial charge in [0, 0.05) is 18.4 Å². The molecular weight excluding hydrogens is 371 g/mol. The monoisotopic (exact) mass is 390 g/mol. The van der Waals surface area contributed by atoms with E-state index < -0.39 is 48.1 Å². The minimum Gasteiger partial charge on any atom is -0.449 e. The van der Waals surface area contributed by atoms with Gasteiger partial charge in [0.15, 0.2) is 11.4 Å². The lowest BCUT2D eigenvalue weighted by atomic mass is 9.74. The van der Waals surface area contributed by atoms with Gasteiger partial charge in [0.05, 0.1) is 13.2 Å². The van der Waals surface area contributed by atoms with Gasteiger partial charge in [-0.05, 0) is 19.8 Å². The maximum atomic E-state index is 14.7. The number of esters is 1. The summed E-state index contributed by atoms with van der Waals surface area (Å²) in [6.45, 7) is 4.69. The summed E-state index contributed by atoms with van der Waals surface area (Å²) in [4.78, 5) is 11.8. The van der Waals surface area contributed by atoms with Crippen LogP contribution in [-0.2, 0) is 19.0 Å². The van der Waals surface area contributed by atoms with E-state index in [0.29, 0.717) is 0 Å². The Hall–Kier alpha value is -1.30. The van der Waals surface area contributed by atoms with Crippen LogP contribution >= 0.6 is 0 Å². The zero-order valence-electron chi connectivity index (χ0n) is 13.9. The zero-order chi connectivity index (χ0) is 20.0. The smallest absolute Gasteiger partial charge is 0.449 e. The van der Waals surface area contributed by atoms with Crippen molar-refractivity contribution in [3.63, 3.8) is 0 Å². The maximum absolute atomic E-state index is 14.7. The first-order chi connectivity index (χ1) is 11.7. The van der Waals surface area contributed by atoms with Crippen molar-refractivity contribution in [1.29, 1.82) is 0 Å². The first kappa shape index (κ1) is 21.0. The third kappa shape index (κ3) is 3.21. The van der Waals surface area contributed by atoms with Gasteiger partial charge in [-0.3, -0.25) is 0 Å². The van der Waals surface area contributed by atoms with E-state index in [0.717, 1.165) is 6.92 Å². The quantitative estimate of drug-likeness (QED) is 0.331. The summed E-state index contributed by atoms with van der Waals surface area (Å²) in [6, 6.07) is 0. The second kappa shape index (κ2) is 6.39. The number of halogens is 5. The van der Waals surface area contributed by atoms with Crippen molar-refractivity contribution in [1.82, 2.24) is 0 Å². The van der Waals surface area contributed by atoms with E-state index in [1.807, 2.05) is 0 Å². The Morgan fingerprint density at radius 2 is 1.50 bits per heavy atom.